The average molecular weight is 329 g/mol. The normalized spacial score (nSPS) is 11.3. The largest absolute Gasteiger partial charge is 0.361 e. The molecule has 1 amide bonds. The van der Waals surface area contributed by atoms with Crippen LogP contribution in [0.5, 0.6) is 0 Å². The highest BCUT2D eigenvalue weighted by Gasteiger charge is 2.10. The molecule has 0 aliphatic heterocycles. The second-order valence-electron chi connectivity index (χ2n) is 6.44. The molecule has 4 nitrogen and oxygen atoms in total. The molecule has 1 aromatic heterocycles. The van der Waals surface area contributed by atoms with Gasteiger partial charge in [-0.15, -0.1) is 0 Å². The summed E-state index contributed by atoms with van der Waals surface area (Å²) in [7, 11) is 0. The minimum Gasteiger partial charge on any atom is -0.361 e. The lowest BCUT2D eigenvalue weighted by Crippen LogP contribution is -2.38. The molecule has 0 saturated carbocycles. The Kier molecular flexibility index (Phi) is 7.83. The quantitative estimate of drug-likeness (QED) is 0.617. The van der Waals surface area contributed by atoms with E-state index in [-0.39, 0.29) is 5.91 Å². The van der Waals surface area contributed by atoms with Crippen molar-refractivity contribution >= 4 is 16.8 Å². The van der Waals surface area contributed by atoms with Crippen molar-refractivity contribution in [2.75, 3.05) is 26.2 Å². The number of para-hydroxylation sites is 1. The van der Waals surface area contributed by atoms with Gasteiger partial charge in [0.15, 0.2) is 0 Å². The van der Waals surface area contributed by atoms with Gasteiger partial charge in [-0.2, -0.15) is 0 Å². The fourth-order valence-electron chi connectivity index (χ4n) is 3.11. The maximum absolute atomic E-state index is 12.2. The number of amides is 1. The summed E-state index contributed by atoms with van der Waals surface area (Å²) in [6, 6.07) is 8.29. The van der Waals surface area contributed by atoms with Gasteiger partial charge < -0.3 is 10.3 Å². The van der Waals surface area contributed by atoms with Crippen molar-refractivity contribution < 1.29 is 4.79 Å². The zero-order chi connectivity index (χ0) is 17.2. The van der Waals surface area contributed by atoms with Gasteiger partial charge in [-0.05, 0) is 44.0 Å². The number of unbranched alkanes of at least 4 members (excludes halogenated alkanes) is 2. The molecule has 2 rings (SSSR count). The Morgan fingerprint density at radius 3 is 2.75 bits per heavy atom. The fraction of sp³-hybridized carbons (Fsp3) is 0.550. The van der Waals surface area contributed by atoms with Crippen LogP contribution in [0.4, 0.5) is 0 Å². The number of H-pyrrole nitrogens is 1. The number of hydrogen-bond donors (Lipinski definition) is 2. The molecule has 1 aromatic carbocycles. The Balaban J connectivity index is 1.75. The number of aromatic nitrogens is 1. The molecule has 0 fully saturated rings. The monoisotopic (exact) mass is 329 g/mol. The van der Waals surface area contributed by atoms with Crippen LogP contribution in [0, 0.1) is 0 Å². The minimum atomic E-state index is 0.139. The first-order valence-corrected chi connectivity index (χ1v) is 9.28. The van der Waals surface area contributed by atoms with Gasteiger partial charge in [0.2, 0.25) is 5.91 Å². The molecule has 0 atom stereocenters. The van der Waals surface area contributed by atoms with Gasteiger partial charge in [0.1, 0.15) is 0 Å². The third kappa shape index (κ3) is 5.68. The number of benzene rings is 1. The van der Waals surface area contributed by atoms with E-state index in [0.717, 1.165) is 31.4 Å². The Hall–Kier alpha value is -1.81. The van der Waals surface area contributed by atoms with Gasteiger partial charge in [-0.3, -0.25) is 9.69 Å². The first-order chi connectivity index (χ1) is 11.7. The van der Waals surface area contributed by atoms with E-state index in [4.69, 9.17) is 0 Å². The Morgan fingerprint density at radius 1 is 1.12 bits per heavy atom. The van der Waals surface area contributed by atoms with Gasteiger partial charge in [0.25, 0.3) is 0 Å². The number of hydrogen-bond acceptors (Lipinski definition) is 2. The Bertz CT molecular complexity index is 620. The third-order valence-corrected chi connectivity index (χ3v) is 4.38. The zero-order valence-corrected chi connectivity index (χ0v) is 15.1. The summed E-state index contributed by atoms with van der Waals surface area (Å²) >= 11 is 0. The van der Waals surface area contributed by atoms with Crippen LogP contribution in [0.2, 0.25) is 0 Å². The molecule has 0 aliphatic carbocycles. The number of carbonyl (C=O) groups excluding carboxylic acids is 1. The smallest absolute Gasteiger partial charge is 0.234 e. The summed E-state index contributed by atoms with van der Waals surface area (Å²) in [5, 5.41) is 4.32. The molecular weight excluding hydrogens is 298 g/mol. The standard InChI is InChI=1S/C20H31N3O/c1-3-5-8-14-23(13-4-2)16-20(24)21-12-11-17-15-22-19-10-7-6-9-18(17)19/h6-7,9-10,15,22H,3-5,8,11-14,16H2,1-2H3,(H,21,24). The van der Waals surface area contributed by atoms with Crippen molar-refractivity contribution in [1.82, 2.24) is 15.2 Å². The van der Waals surface area contributed by atoms with Crippen molar-refractivity contribution in [3.63, 3.8) is 0 Å². The van der Waals surface area contributed by atoms with Crippen molar-refractivity contribution in [1.29, 1.82) is 0 Å². The minimum absolute atomic E-state index is 0.139. The SMILES string of the molecule is CCCCCN(CCC)CC(=O)NCCc1c[nH]c2ccccc12. The number of carbonyl (C=O) groups is 1. The lowest BCUT2D eigenvalue weighted by Gasteiger charge is -2.21. The first kappa shape index (κ1) is 18.5. The molecule has 0 unspecified atom stereocenters. The van der Waals surface area contributed by atoms with Crippen molar-refractivity contribution in [3.05, 3.63) is 36.0 Å². The number of rotatable bonds is 11. The van der Waals surface area contributed by atoms with E-state index < -0.39 is 0 Å². The molecule has 24 heavy (non-hydrogen) atoms. The summed E-state index contributed by atoms with van der Waals surface area (Å²) in [6.45, 7) is 7.61. The number of aromatic amines is 1. The molecule has 0 radical (unpaired) electrons. The molecule has 2 N–H and O–H groups in total. The number of fused-ring (bicyclic) bond motifs is 1. The highest BCUT2D eigenvalue weighted by molar-refractivity contribution is 5.83. The van der Waals surface area contributed by atoms with Gasteiger partial charge in [-0.25, -0.2) is 0 Å². The summed E-state index contributed by atoms with van der Waals surface area (Å²) in [6.07, 6.45) is 7.64. The van der Waals surface area contributed by atoms with Crippen molar-refractivity contribution in [2.45, 2.75) is 46.0 Å². The van der Waals surface area contributed by atoms with Crippen LogP contribution in [0.1, 0.15) is 45.1 Å². The topological polar surface area (TPSA) is 48.1 Å². The maximum atomic E-state index is 12.2. The van der Waals surface area contributed by atoms with E-state index in [1.54, 1.807) is 0 Å². The van der Waals surface area contributed by atoms with Crippen LogP contribution >= 0.6 is 0 Å². The van der Waals surface area contributed by atoms with E-state index in [0.29, 0.717) is 13.1 Å². The van der Waals surface area contributed by atoms with Crippen LogP contribution in [0.25, 0.3) is 10.9 Å². The van der Waals surface area contributed by atoms with Crippen LogP contribution in [0.15, 0.2) is 30.5 Å². The van der Waals surface area contributed by atoms with Gasteiger partial charge in [0.05, 0.1) is 6.54 Å². The van der Waals surface area contributed by atoms with E-state index in [9.17, 15) is 4.79 Å². The predicted molar refractivity (Wildman–Crippen MR) is 101 cm³/mol. The van der Waals surface area contributed by atoms with E-state index in [1.165, 1.54) is 30.2 Å². The van der Waals surface area contributed by atoms with E-state index in [1.807, 2.05) is 12.3 Å². The van der Waals surface area contributed by atoms with Gasteiger partial charge in [0, 0.05) is 23.6 Å². The molecular formula is C20H31N3O. The molecule has 4 heteroatoms. The first-order valence-electron chi connectivity index (χ1n) is 9.28. The van der Waals surface area contributed by atoms with Crippen LogP contribution < -0.4 is 5.32 Å². The number of nitrogens with zero attached hydrogens (tertiary/aromatic N) is 1. The Morgan fingerprint density at radius 2 is 1.96 bits per heavy atom. The fourth-order valence-corrected chi connectivity index (χ4v) is 3.11. The lowest BCUT2D eigenvalue weighted by atomic mass is 10.1. The molecule has 0 aliphatic rings. The van der Waals surface area contributed by atoms with Crippen LogP contribution in [0.3, 0.4) is 0 Å². The maximum Gasteiger partial charge on any atom is 0.234 e. The second kappa shape index (κ2) is 10.1. The molecule has 1 heterocycles. The van der Waals surface area contributed by atoms with Gasteiger partial charge in [-0.1, -0.05) is 44.9 Å². The van der Waals surface area contributed by atoms with Crippen molar-refractivity contribution in [2.24, 2.45) is 0 Å². The highest BCUT2D eigenvalue weighted by Crippen LogP contribution is 2.17. The van der Waals surface area contributed by atoms with Gasteiger partial charge >= 0.3 is 0 Å². The summed E-state index contributed by atoms with van der Waals surface area (Å²) in [5.41, 5.74) is 2.42. The Labute approximate surface area is 145 Å². The van der Waals surface area contributed by atoms with E-state index >= 15 is 0 Å². The van der Waals surface area contributed by atoms with Crippen LogP contribution in [-0.2, 0) is 11.2 Å². The highest BCUT2D eigenvalue weighted by atomic mass is 16.2. The molecule has 0 spiro atoms. The molecule has 2 aromatic rings. The predicted octanol–water partition coefficient (Wildman–Crippen LogP) is 3.73. The second-order valence-corrected chi connectivity index (χ2v) is 6.44. The van der Waals surface area contributed by atoms with E-state index in [2.05, 4.69) is 47.2 Å². The summed E-state index contributed by atoms with van der Waals surface area (Å²) in [5.74, 6) is 0.139. The zero-order valence-electron chi connectivity index (χ0n) is 15.1. The molecule has 0 saturated heterocycles. The van der Waals surface area contributed by atoms with Crippen LogP contribution in [-0.4, -0.2) is 42.0 Å². The average Bonchev–Trinajstić information content (AvgIpc) is 2.99. The molecule has 0 bridgehead atoms. The van der Waals surface area contributed by atoms with Crippen molar-refractivity contribution in [3.8, 4) is 0 Å². The lowest BCUT2D eigenvalue weighted by molar-refractivity contribution is -0.122. The summed E-state index contributed by atoms with van der Waals surface area (Å²) in [4.78, 5) is 17.7. The number of nitrogens with one attached hydrogen (secondary N) is 2. The molecule has 132 valence electrons. The third-order valence-electron chi connectivity index (χ3n) is 4.38. The summed E-state index contributed by atoms with van der Waals surface area (Å²) < 4.78 is 0.